The molecule has 2 amide bonds. The highest BCUT2D eigenvalue weighted by molar-refractivity contribution is 5.97. The molecule has 5 rings (SSSR count). The SMILES string of the molecule is CCCCCC1(CCCCC)OC2C=C(C(=O)N(C)C(Cc3ccccc3)C(=O)NCCO)CC(OC(=O)c3cccc(C=CCc4ccccc4O)c3)C2O1. The van der Waals surface area contributed by atoms with Crippen LogP contribution < -0.4 is 5.32 Å². The highest BCUT2D eigenvalue weighted by atomic mass is 16.8. The van der Waals surface area contributed by atoms with Crippen LogP contribution in [-0.2, 0) is 36.6 Å². The van der Waals surface area contributed by atoms with Crippen LogP contribution in [0.4, 0.5) is 0 Å². The topological polar surface area (TPSA) is 135 Å². The monoisotopic (exact) mass is 766 g/mol. The van der Waals surface area contributed by atoms with Crippen LogP contribution >= 0.6 is 0 Å². The van der Waals surface area contributed by atoms with Crippen molar-refractivity contribution in [3.05, 3.63) is 119 Å². The van der Waals surface area contributed by atoms with Gasteiger partial charge in [0.1, 0.15) is 30.1 Å². The molecule has 1 aliphatic carbocycles. The van der Waals surface area contributed by atoms with Crippen molar-refractivity contribution in [3.63, 3.8) is 0 Å². The summed E-state index contributed by atoms with van der Waals surface area (Å²) >= 11 is 0. The lowest BCUT2D eigenvalue weighted by Crippen LogP contribution is -2.51. The number of esters is 1. The summed E-state index contributed by atoms with van der Waals surface area (Å²) in [5.41, 5.74) is 3.20. The van der Waals surface area contributed by atoms with Crippen molar-refractivity contribution in [1.29, 1.82) is 0 Å². The second-order valence-electron chi connectivity index (χ2n) is 14.8. The van der Waals surface area contributed by atoms with Gasteiger partial charge in [-0.2, -0.15) is 0 Å². The minimum atomic E-state index is -0.872. The minimum absolute atomic E-state index is 0.0631. The number of ether oxygens (including phenoxy) is 3. The predicted octanol–water partition coefficient (Wildman–Crippen LogP) is 7.32. The number of aliphatic hydroxyl groups is 1. The first kappa shape index (κ1) is 42.4. The molecule has 0 bridgehead atoms. The number of likely N-dealkylation sites (N-methyl/N-ethyl adjacent to an activating group) is 1. The van der Waals surface area contributed by atoms with Crippen molar-refractivity contribution in [2.45, 2.75) is 115 Å². The zero-order valence-electron chi connectivity index (χ0n) is 33.0. The number of phenolic OH excluding ortho intramolecular Hbond substituents is 1. The second-order valence-corrected chi connectivity index (χ2v) is 14.8. The quantitative estimate of drug-likeness (QED) is 0.0805. The molecule has 1 heterocycles. The van der Waals surface area contributed by atoms with Gasteiger partial charge >= 0.3 is 5.97 Å². The number of carbonyl (C=O) groups excluding carboxylic acids is 3. The maximum Gasteiger partial charge on any atom is 0.338 e. The van der Waals surface area contributed by atoms with Crippen molar-refractivity contribution >= 4 is 23.9 Å². The summed E-state index contributed by atoms with van der Waals surface area (Å²) < 4.78 is 19.9. The Labute approximate surface area is 331 Å². The molecule has 0 spiro atoms. The first-order valence-electron chi connectivity index (χ1n) is 20.2. The van der Waals surface area contributed by atoms with Crippen molar-refractivity contribution in [3.8, 4) is 5.75 Å². The Morgan fingerprint density at radius 3 is 2.36 bits per heavy atom. The van der Waals surface area contributed by atoms with E-state index in [2.05, 4.69) is 19.2 Å². The number of para-hydroxylation sites is 1. The van der Waals surface area contributed by atoms with E-state index in [0.717, 1.165) is 55.2 Å². The van der Waals surface area contributed by atoms with E-state index in [0.29, 0.717) is 30.4 Å². The molecule has 0 aromatic heterocycles. The van der Waals surface area contributed by atoms with Gasteiger partial charge in [0.05, 0.1) is 12.2 Å². The molecule has 1 aliphatic heterocycles. The molecule has 10 heteroatoms. The zero-order chi connectivity index (χ0) is 39.9. The number of rotatable bonds is 20. The van der Waals surface area contributed by atoms with E-state index in [4.69, 9.17) is 14.2 Å². The van der Waals surface area contributed by atoms with Crippen molar-refractivity contribution in [2.24, 2.45) is 0 Å². The standard InChI is InChI=1S/C46H58N2O8/c1-4-6-13-25-46(26-14-7-5-2)55-41-32-37(44(52)48(3)38(43(51)47-27-28-49)30-34-17-9-8-10-18-34)31-40(42(41)56-46)54-45(53)36-23-16-20-33(29-36)19-15-22-35-21-11-12-24-39(35)50/h8-12,15-21,23-24,29,32,38,40-42,49-50H,4-7,13-14,22,25-28,30-31H2,1-3H3,(H,47,51). The van der Waals surface area contributed by atoms with Gasteiger partial charge in [0.2, 0.25) is 11.8 Å². The maximum atomic E-state index is 14.4. The average Bonchev–Trinajstić information content (AvgIpc) is 3.58. The molecule has 1 saturated heterocycles. The van der Waals surface area contributed by atoms with Crippen molar-refractivity contribution in [1.82, 2.24) is 10.2 Å². The Bertz CT molecular complexity index is 1800. The molecule has 56 heavy (non-hydrogen) atoms. The summed E-state index contributed by atoms with van der Waals surface area (Å²) in [5.74, 6) is -1.94. The Morgan fingerprint density at radius 2 is 1.66 bits per heavy atom. The smallest absolute Gasteiger partial charge is 0.338 e. The molecule has 3 N–H and O–H groups in total. The number of hydrogen-bond donors (Lipinski definition) is 3. The number of aliphatic hydroxyl groups excluding tert-OH is 1. The Balaban J connectivity index is 1.41. The van der Waals surface area contributed by atoms with E-state index in [9.17, 15) is 24.6 Å². The predicted molar refractivity (Wildman–Crippen MR) is 217 cm³/mol. The van der Waals surface area contributed by atoms with Crippen LogP contribution in [0.3, 0.4) is 0 Å². The van der Waals surface area contributed by atoms with Crippen LogP contribution in [-0.4, -0.2) is 83.2 Å². The van der Waals surface area contributed by atoms with Crippen LogP contribution in [0.2, 0.25) is 0 Å². The normalized spacial score (nSPS) is 19.2. The van der Waals surface area contributed by atoms with Gasteiger partial charge in [0.25, 0.3) is 0 Å². The van der Waals surface area contributed by atoms with E-state index in [-0.39, 0.29) is 43.6 Å². The highest BCUT2D eigenvalue weighted by Gasteiger charge is 2.52. The fourth-order valence-corrected chi connectivity index (χ4v) is 7.48. The van der Waals surface area contributed by atoms with E-state index in [1.165, 1.54) is 4.90 Å². The number of phenols is 1. The number of carbonyl (C=O) groups is 3. The third kappa shape index (κ3) is 11.4. The number of aromatic hydroxyl groups is 1. The van der Waals surface area contributed by atoms with Gasteiger partial charge in [-0.05, 0) is 60.2 Å². The van der Waals surface area contributed by atoms with Crippen LogP contribution in [0.5, 0.6) is 5.75 Å². The number of nitrogens with one attached hydrogen (secondary N) is 1. The number of unbranched alkanes of at least 4 members (excludes halogenated alkanes) is 4. The Kier molecular flexibility index (Phi) is 15.9. The van der Waals surface area contributed by atoms with Gasteiger partial charge in [0.15, 0.2) is 5.79 Å². The van der Waals surface area contributed by atoms with E-state index in [1.54, 1.807) is 43.5 Å². The number of allylic oxidation sites excluding steroid dienone is 1. The average molecular weight is 767 g/mol. The van der Waals surface area contributed by atoms with E-state index in [1.807, 2.05) is 60.7 Å². The van der Waals surface area contributed by atoms with Crippen LogP contribution in [0.15, 0.2) is 96.6 Å². The van der Waals surface area contributed by atoms with Crippen LogP contribution in [0.25, 0.3) is 6.08 Å². The van der Waals surface area contributed by atoms with Crippen LogP contribution in [0.1, 0.15) is 98.7 Å². The maximum absolute atomic E-state index is 14.4. The lowest BCUT2D eigenvalue weighted by Gasteiger charge is -2.33. The molecule has 3 aromatic rings. The largest absolute Gasteiger partial charge is 0.508 e. The van der Waals surface area contributed by atoms with E-state index >= 15 is 0 Å². The number of hydrogen-bond acceptors (Lipinski definition) is 8. The van der Waals surface area contributed by atoms with Crippen molar-refractivity contribution < 1.29 is 38.8 Å². The summed E-state index contributed by atoms with van der Waals surface area (Å²) in [4.78, 5) is 43.2. The fourth-order valence-electron chi connectivity index (χ4n) is 7.48. The molecule has 2 aliphatic rings. The molecule has 300 valence electrons. The molecular formula is C46H58N2O8. The van der Waals surface area contributed by atoms with Gasteiger partial charge in [-0.1, -0.05) is 112 Å². The second kappa shape index (κ2) is 20.9. The molecule has 0 saturated carbocycles. The van der Waals surface area contributed by atoms with Gasteiger partial charge < -0.3 is 34.6 Å². The van der Waals surface area contributed by atoms with Gasteiger partial charge in [-0.25, -0.2) is 4.79 Å². The summed E-state index contributed by atoms with van der Waals surface area (Å²) in [7, 11) is 1.60. The molecule has 3 aromatic carbocycles. The highest BCUT2D eigenvalue weighted by Crippen LogP contribution is 2.43. The summed E-state index contributed by atoms with van der Waals surface area (Å²) in [5, 5.41) is 22.3. The molecule has 1 fully saturated rings. The van der Waals surface area contributed by atoms with Gasteiger partial charge in [-0.3, -0.25) is 9.59 Å². The molecule has 0 radical (unpaired) electrons. The fraction of sp³-hybridized carbons (Fsp3) is 0.457. The summed E-state index contributed by atoms with van der Waals surface area (Å²) in [6.07, 6.45) is 11.7. The lowest BCUT2D eigenvalue weighted by molar-refractivity contribution is -0.190. The Morgan fingerprint density at radius 1 is 0.946 bits per heavy atom. The van der Waals surface area contributed by atoms with E-state index < -0.39 is 36.1 Å². The Hall–Kier alpha value is -4.77. The van der Waals surface area contributed by atoms with Gasteiger partial charge in [0, 0.05) is 44.8 Å². The third-order valence-electron chi connectivity index (χ3n) is 10.6. The summed E-state index contributed by atoms with van der Waals surface area (Å²) in [6, 6.07) is 22.9. The number of amides is 2. The van der Waals surface area contributed by atoms with Gasteiger partial charge in [-0.15, -0.1) is 0 Å². The number of benzene rings is 3. The lowest BCUT2D eigenvalue weighted by atomic mass is 9.90. The van der Waals surface area contributed by atoms with Crippen LogP contribution in [0, 0.1) is 0 Å². The number of nitrogens with zero attached hydrogens (tertiary/aromatic N) is 1. The minimum Gasteiger partial charge on any atom is -0.508 e. The van der Waals surface area contributed by atoms with Crippen molar-refractivity contribution in [2.75, 3.05) is 20.2 Å². The molecular weight excluding hydrogens is 709 g/mol. The molecule has 10 nitrogen and oxygen atoms in total. The molecule has 4 unspecified atom stereocenters. The first-order valence-corrected chi connectivity index (χ1v) is 20.2. The number of fused-ring (bicyclic) bond motifs is 1. The third-order valence-corrected chi connectivity index (χ3v) is 10.6. The summed E-state index contributed by atoms with van der Waals surface area (Å²) in [6.45, 7) is 4.14. The zero-order valence-corrected chi connectivity index (χ0v) is 33.0. The molecule has 4 atom stereocenters. The first-order chi connectivity index (χ1) is 27.2.